The summed E-state index contributed by atoms with van der Waals surface area (Å²) in [5, 5.41) is 11.2. The molecule has 1 heterocycles. The number of aliphatic carboxylic acids is 1. The molecule has 18 heavy (non-hydrogen) atoms. The molecule has 0 fully saturated rings. The summed E-state index contributed by atoms with van der Waals surface area (Å²) in [7, 11) is 0. The summed E-state index contributed by atoms with van der Waals surface area (Å²) in [5.41, 5.74) is 0.491. The zero-order valence-electron chi connectivity index (χ0n) is 10.2. The van der Waals surface area contributed by atoms with Crippen molar-refractivity contribution in [3.63, 3.8) is 0 Å². The van der Waals surface area contributed by atoms with Crippen LogP contribution in [0.15, 0.2) is 24.3 Å². The molecule has 1 aromatic rings. The van der Waals surface area contributed by atoms with Crippen molar-refractivity contribution in [1.82, 2.24) is 4.98 Å². The van der Waals surface area contributed by atoms with Gasteiger partial charge in [0.2, 0.25) is 5.91 Å². The Balaban J connectivity index is 2.64. The number of pyridine rings is 1. The van der Waals surface area contributed by atoms with Gasteiger partial charge in [0.15, 0.2) is 0 Å². The Bertz CT molecular complexity index is 455. The topological polar surface area (TPSA) is 79.3 Å². The van der Waals surface area contributed by atoms with E-state index in [1.54, 1.807) is 18.2 Å². The number of hydrogen-bond acceptors (Lipinski definition) is 3. The molecule has 1 amide bonds. The van der Waals surface area contributed by atoms with E-state index in [0.717, 1.165) is 18.9 Å². The minimum absolute atomic E-state index is 0.0799. The largest absolute Gasteiger partial charge is 0.478 e. The highest BCUT2D eigenvalue weighted by Gasteiger charge is 2.02. The van der Waals surface area contributed by atoms with Crippen LogP contribution in [0.4, 0.5) is 5.82 Å². The molecule has 96 valence electrons. The van der Waals surface area contributed by atoms with Crippen molar-refractivity contribution in [2.45, 2.75) is 26.2 Å². The van der Waals surface area contributed by atoms with E-state index < -0.39 is 5.97 Å². The second-order valence-electron chi connectivity index (χ2n) is 3.77. The number of carbonyl (C=O) groups is 2. The fourth-order valence-electron chi connectivity index (χ4n) is 1.31. The van der Waals surface area contributed by atoms with Crippen molar-refractivity contribution in [3.05, 3.63) is 30.0 Å². The Kier molecular flexibility index (Phi) is 5.57. The van der Waals surface area contributed by atoms with Crippen molar-refractivity contribution < 1.29 is 14.7 Å². The van der Waals surface area contributed by atoms with Crippen LogP contribution in [0.25, 0.3) is 6.08 Å². The van der Waals surface area contributed by atoms with Crippen molar-refractivity contribution in [1.29, 1.82) is 0 Å². The molecule has 0 aliphatic heterocycles. The number of carbonyl (C=O) groups excluding carboxylic acids is 1. The quantitative estimate of drug-likeness (QED) is 0.757. The number of carboxylic acids is 1. The summed E-state index contributed by atoms with van der Waals surface area (Å²) in [6.45, 7) is 2.02. The fraction of sp³-hybridized carbons (Fsp3) is 0.308. The second kappa shape index (κ2) is 7.21. The number of rotatable bonds is 6. The Morgan fingerprint density at radius 3 is 2.89 bits per heavy atom. The lowest BCUT2D eigenvalue weighted by Crippen LogP contribution is -2.12. The molecule has 0 atom stereocenters. The second-order valence-corrected chi connectivity index (χ2v) is 3.77. The molecule has 0 unspecified atom stereocenters. The highest BCUT2D eigenvalue weighted by atomic mass is 16.4. The first-order valence-corrected chi connectivity index (χ1v) is 5.79. The Hall–Kier alpha value is -2.17. The molecular weight excluding hydrogens is 232 g/mol. The highest BCUT2D eigenvalue weighted by molar-refractivity contribution is 5.90. The first kappa shape index (κ1) is 13.9. The summed E-state index contributed by atoms with van der Waals surface area (Å²) in [6, 6.07) is 5.05. The van der Waals surface area contributed by atoms with Crippen molar-refractivity contribution in [2.24, 2.45) is 0 Å². The molecule has 0 radical (unpaired) electrons. The van der Waals surface area contributed by atoms with E-state index in [9.17, 15) is 9.59 Å². The molecule has 0 aromatic carbocycles. The van der Waals surface area contributed by atoms with Crippen LogP contribution in [0.1, 0.15) is 31.9 Å². The average Bonchev–Trinajstić information content (AvgIpc) is 2.34. The molecular formula is C13H16N2O3. The summed E-state index contributed by atoms with van der Waals surface area (Å²) < 4.78 is 0. The predicted octanol–water partition coefficient (Wildman–Crippen LogP) is 2.31. The van der Waals surface area contributed by atoms with Crippen LogP contribution in [0, 0.1) is 0 Å². The van der Waals surface area contributed by atoms with Crippen LogP contribution >= 0.6 is 0 Å². The van der Waals surface area contributed by atoms with E-state index in [-0.39, 0.29) is 5.91 Å². The number of hydrogen-bond donors (Lipinski definition) is 2. The van der Waals surface area contributed by atoms with E-state index in [0.29, 0.717) is 17.9 Å². The maximum atomic E-state index is 11.5. The van der Waals surface area contributed by atoms with E-state index in [2.05, 4.69) is 10.3 Å². The Morgan fingerprint density at radius 2 is 2.22 bits per heavy atom. The first-order valence-electron chi connectivity index (χ1n) is 5.79. The van der Waals surface area contributed by atoms with Gasteiger partial charge in [-0.25, -0.2) is 9.78 Å². The van der Waals surface area contributed by atoms with Gasteiger partial charge in [0.1, 0.15) is 5.82 Å². The number of anilines is 1. The standard InChI is InChI=1S/C13H16N2O3/c1-2-3-7-12(16)15-11-6-4-5-10(14-11)8-9-13(17)18/h4-6,8-9H,2-3,7H2,1H3,(H,17,18)(H,14,15,16). The lowest BCUT2D eigenvalue weighted by Gasteiger charge is -2.04. The van der Waals surface area contributed by atoms with E-state index in [4.69, 9.17) is 5.11 Å². The normalized spacial score (nSPS) is 10.5. The van der Waals surface area contributed by atoms with Gasteiger partial charge in [-0.1, -0.05) is 19.4 Å². The van der Waals surface area contributed by atoms with Gasteiger partial charge in [0, 0.05) is 12.5 Å². The van der Waals surface area contributed by atoms with Gasteiger partial charge < -0.3 is 10.4 Å². The molecule has 0 aliphatic carbocycles. The van der Waals surface area contributed by atoms with Crippen molar-refractivity contribution in [3.8, 4) is 0 Å². The number of nitrogens with zero attached hydrogens (tertiary/aromatic N) is 1. The number of aromatic nitrogens is 1. The number of carboxylic acid groups (broad SMARTS) is 1. The molecule has 0 spiro atoms. The fourth-order valence-corrected chi connectivity index (χ4v) is 1.31. The third-order valence-electron chi connectivity index (χ3n) is 2.19. The molecule has 0 bridgehead atoms. The zero-order chi connectivity index (χ0) is 13.4. The highest BCUT2D eigenvalue weighted by Crippen LogP contribution is 2.07. The lowest BCUT2D eigenvalue weighted by atomic mass is 10.2. The maximum absolute atomic E-state index is 11.5. The van der Waals surface area contributed by atoms with Gasteiger partial charge in [0.05, 0.1) is 5.69 Å². The van der Waals surface area contributed by atoms with Gasteiger partial charge in [-0.05, 0) is 24.6 Å². The lowest BCUT2D eigenvalue weighted by molar-refractivity contribution is -0.131. The van der Waals surface area contributed by atoms with Crippen LogP contribution in [0.5, 0.6) is 0 Å². The van der Waals surface area contributed by atoms with E-state index in [1.807, 2.05) is 6.92 Å². The summed E-state index contributed by atoms with van der Waals surface area (Å²) >= 11 is 0. The Labute approximate surface area is 106 Å². The van der Waals surface area contributed by atoms with Crippen molar-refractivity contribution >= 4 is 23.8 Å². The molecule has 2 N–H and O–H groups in total. The summed E-state index contributed by atoms with van der Waals surface area (Å²) in [5.74, 6) is -0.679. The van der Waals surface area contributed by atoms with Crippen LogP contribution < -0.4 is 5.32 Å². The average molecular weight is 248 g/mol. The van der Waals surface area contributed by atoms with Gasteiger partial charge in [-0.3, -0.25) is 4.79 Å². The van der Waals surface area contributed by atoms with Crippen LogP contribution in [0.2, 0.25) is 0 Å². The minimum Gasteiger partial charge on any atom is -0.478 e. The molecule has 5 nitrogen and oxygen atoms in total. The van der Waals surface area contributed by atoms with Gasteiger partial charge in [0.25, 0.3) is 0 Å². The molecule has 0 saturated heterocycles. The number of amides is 1. The smallest absolute Gasteiger partial charge is 0.328 e. The summed E-state index contributed by atoms with van der Waals surface area (Å²) in [4.78, 5) is 26.0. The summed E-state index contributed by atoms with van der Waals surface area (Å²) in [6.07, 6.45) is 4.65. The molecule has 5 heteroatoms. The van der Waals surface area contributed by atoms with E-state index >= 15 is 0 Å². The van der Waals surface area contributed by atoms with Crippen LogP contribution in [-0.2, 0) is 9.59 Å². The van der Waals surface area contributed by atoms with E-state index in [1.165, 1.54) is 6.08 Å². The molecule has 0 saturated carbocycles. The van der Waals surface area contributed by atoms with Gasteiger partial charge in [-0.15, -0.1) is 0 Å². The van der Waals surface area contributed by atoms with Gasteiger partial charge in [-0.2, -0.15) is 0 Å². The minimum atomic E-state index is -1.03. The monoisotopic (exact) mass is 248 g/mol. The zero-order valence-corrected chi connectivity index (χ0v) is 10.2. The molecule has 1 aromatic heterocycles. The maximum Gasteiger partial charge on any atom is 0.328 e. The van der Waals surface area contributed by atoms with Gasteiger partial charge >= 0.3 is 5.97 Å². The Morgan fingerprint density at radius 1 is 1.44 bits per heavy atom. The number of unbranched alkanes of at least 4 members (excludes halogenated alkanes) is 1. The van der Waals surface area contributed by atoms with Crippen molar-refractivity contribution in [2.75, 3.05) is 5.32 Å². The van der Waals surface area contributed by atoms with Crippen LogP contribution in [-0.4, -0.2) is 22.0 Å². The third kappa shape index (κ3) is 5.25. The first-order chi connectivity index (χ1) is 8.61. The molecule has 0 aliphatic rings. The predicted molar refractivity (Wildman–Crippen MR) is 69.1 cm³/mol. The number of nitrogens with one attached hydrogen (secondary N) is 1. The SMILES string of the molecule is CCCCC(=O)Nc1cccc(C=CC(=O)O)n1. The van der Waals surface area contributed by atoms with Crippen LogP contribution in [0.3, 0.4) is 0 Å². The third-order valence-corrected chi connectivity index (χ3v) is 2.19. The molecule has 1 rings (SSSR count).